The fourth-order valence-electron chi connectivity index (χ4n) is 4.85. The highest BCUT2D eigenvalue weighted by Gasteiger charge is 2.44. The summed E-state index contributed by atoms with van der Waals surface area (Å²) in [5, 5.41) is 3.17. The molecule has 2 aliphatic heterocycles. The van der Waals surface area contributed by atoms with E-state index in [-0.39, 0.29) is 24.1 Å². The molecule has 7 nitrogen and oxygen atoms in total. The van der Waals surface area contributed by atoms with Gasteiger partial charge in [0.1, 0.15) is 17.6 Å². The first kappa shape index (κ1) is 27.0. The molecule has 0 saturated carbocycles. The van der Waals surface area contributed by atoms with E-state index in [2.05, 4.69) is 17.1 Å². The average Bonchev–Trinajstić information content (AvgIpc) is 3.11. The lowest BCUT2D eigenvalue weighted by atomic mass is 9.99. The number of nitrogens with zero attached hydrogens (tertiary/aromatic N) is 3. The molecule has 198 valence electrons. The Morgan fingerprint density at radius 1 is 1.08 bits per heavy atom. The molecular formula is C28H35FN4O3S. The van der Waals surface area contributed by atoms with Gasteiger partial charge in [-0.15, -0.1) is 0 Å². The lowest BCUT2D eigenvalue weighted by Crippen LogP contribution is -2.40. The number of benzene rings is 2. The van der Waals surface area contributed by atoms with E-state index in [1.54, 1.807) is 0 Å². The Balaban J connectivity index is 1.47. The predicted molar refractivity (Wildman–Crippen MR) is 147 cm³/mol. The van der Waals surface area contributed by atoms with Gasteiger partial charge in [-0.1, -0.05) is 6.92 Å². The zero-order chi connectivity index (χ0) is 26.4. The number of hydrogen-bond donors (Lipinski definition) is 1. The van der Waals surface area contributed by atoms with Gasteiger partial charge in [0.25, 0.3) is 5.91 Å². The van der Waals surface area contributed by atoms with Gasteiger partial charge in [0.15, 0.2) is 5.11 Å². The number of carbonyl (C=O) groups is 2. The van der Waals surface area contributed by atoms with Crippen LogP contribution in [-0.4, -0.2) is 65.6 Å². The Labute approximate surface area is 223 Å². The number of hydrogen-bond acceptors (Lipinski definition) is 5. The molecule has 2 aromatic rings. The highest BCUT2D eigenvalue weighted by atomic mass is 32.1. The van der Waals surface area contributed by atoms with Gasteiger partial charge in [0, 0.05) is 12.2 Å². The molecule has 2 saturated heterocycles. The molecule has 1 atom stereocenters. The van der Waals surface area contributed by atoms with Crippen molar-refractivity contribution in [2.75, 3.05) is 43.0 Å². The summed E-state index contributed by atoms with van der Waals surface area (Å²) in [5.41, 5.74) is 1.13. The molecule has 2 heterocycles. The molecule has 9 heteroatoms. The molecule has 1 unspecified atom stereocenters. The molecule has 1 N–H and O–H groups in total. The van der Waals surface area contributed by atoms with Gasteiger partial charge in [-0.05, 0) is 112 Å². The van der Waals surface area contributed by atoms with Crippen LogP contribution in [0.5, 0.6) is 5.75 Å². The van der Waals surface area contributed by atoms with Gasteiger partial charge >= 0.3 is 0 Å². The summed E-state index contributed by atoms with van der Waals surface area (Å²) in [6.45, 7) is 8.45. The van der Waals surface area contributed by atoms with Crippen molar-refractivity contribution in [3.8, 4) is 5.75 Å². The van der Waals surface area contributed by atoms with E-state index in [1.165, 1.54) is 42.0 Å². The van der Waals surface area contributed by atoms with Crippen LogP contribution < -0.4 is 15.0 Å². The molecule has 2 aliphatic rings. The van der Waals surface area contributed by atoms with Crippen LogP contribution in [0.25, 0.3) is 0 Å². The smallest absolute Gasteiger partial charge is 0.256 e. The summed E-state index contributed by atoms with van der Waals surface area (Å²) < 4.78 is 18.8. The fourth-order valence-corrected chi connectivity index (χ4v) is 5.27. The van der Waals surface area contributed by atoms with Crippen LogP contribution in [0.4, 0.5) is 15.8 Å². The minimum Gasteiger partial charge on any atom is -0.494 e. The van der Waals surface area contributed by atoms with E-state index in [0.29, 0.717) is 35.4 Å². The van der Waals surface area contributed by atoms with Crippen LogP contribution in [0.3, 0.4) is 0 Å². The molecule has 2 fully saturated rings. The third kappa shape index (κ3) is 6.84. The fraction of sp³-hybridized carbons (Fsp3) is 0.464. The topological polar surface area (TPSA) is 65.1 Å². The van der Waals surface area contributed by atoms with Crippen LogP contribution in [0, 0.1) is 11.7 Å². The number of anilines is 2. The van der Waals surface area contributed by atoms with Gasteiger partial charge < -0.3 is 19.9 Å². The van der Waals surface area contributed by atoms with E-state index in [1.807, 2.05) is 36.1 Å². The number of rotatable bonds is 10. The monoisotopic (exact) mass is 526 g/mol. The third-order valence-electron chi connectivity index (χ3n) is 6.98. The Kier molecular flexibility index (Phi) is 9.10. The molecule has 0 spiro atoms. The van der Waals surface area contributed by atoms with E-state index in [4.69, 9.17) is 17.0 Å². The van der Waals surface area contributed by atoms with Gasteiger partial charge in [-0.2, -0.15) is 0 Å². The van der Waals surface area contributed by atoms with Crippen molar-refractivity contribution in [1.29, 1.82) is 0 Å². The Morgan fingerprint density at radius 2 is 1.76 bits per heavy atom. The molecule has 0 aliphatic carbocycles. The highest BCUT2D eigenvalue weighted by Crippen LogP contribution is 2.29. The second-order valence-electron chi connectivity index (χ2n) is 9.73. The minimum atomic E-state index is -0.708. The van der Waals surface area contributed by atoms with Gasteiger partial charge in [-0.25, -0.2) is 4.39 Å². The average molecular weight is 527 g/mol. The lowest BCUT2D eigenvalue weighted by Gasteiger charge is -2.31. The Morgan fingerprint density at radius 3 is 2.41 bits per heavy atom. The number of carbonyl (C=O) groups excluding carboxylic acids is 2. The van der Waals surface area contributed by atoms with Crippen LogP contribution in [-0.2, 0) is 9.59 Å². The Hall–Kier alpha value is -3.04. The summed E-state index contributed by atoms with van der Waals surface area (Å²) >= 11 is 5.78. The first-order valence-electron chi connectivity index (χ1n) is 13.0. The minimum absolute atomic E-state index is 0.0505. The van der Waals surface area contributed by atoms with Crippen LogP contribution in [0.1, 0.15) is 39.5 Å². The summed E-state index contributed by atoms with van der Waals surface area (Å²) in [7, 11) is 0. The largest absolute Gasteiger partial charge is 0.494 e. The molecule has 2 amide bonds. The first-order valence-corrected chi connectivity index (χ1v) is 13.4. The number of halogens is 1. The van der Waals surface area contributed by atoms with Gasteiger partial charge in [0.2, 0.25) is 5.91 Å². The van der Waals surface area contributed by atoms with Crippen LogP contribution in [0.15, 0.2) is 48.5 Å². The van der Waals surface area contributed by atoms with Gasteiger partial charge in [-0.3, -0.25) is 14.5 Å². The molecule has 4 rings (SSSR count). The van der Waals surface area contributed by atoms with Crippen LogP contribution >= 0.6 is 12.2 Å². The third-order valence-corrected chi connectivity index (χ3v) is 7.40. The van der Waals surface area contributed by atoms with E-state index < -0.39 is 6.04 Å². The Bertz CT molecular complexity index is 1090. The van der Waals surface area contributed by atoms with Crippen molar-refractivity contribution in [2.45, 2.75) is 45.6 Å². The van der Waals surface area contributed by atoms with E-state index in [9.17, 15) is 14.0 Å². The van der Waals surface area contributed by atoms with E-state index >= 15 is 0 Å². The summed E-state index contributed by atoms with van der Waals surface area (Å²) in [6.07, 6.45) is 3.21. The standard InChI is InChI=1S/C28H35FN4O3S/c1-3-36-24-11-9-23(10-12-24)33-27(35)25(19-26(34)30-22-7-5-21(29)6-8-22)32(28(33)37)16-4-15-31-17-13-20(2)14-18-31/h5-12,20,25H,3-4,13-19H2,1-2H3,(H,30,34). The van der Waals surface area contributed by atoms with Crippen molar-refractivity contribution in [3.63, 3.8) is 0 Å². The van der Waals surface area contributed by atoms with Crippen LogP contribution in [0.2, 0.25) is 0 Å². The highest BCUT2D eigenvalue weighted by molar-refractivity contribution is 7.80. The normalized spacial score (nSPS) is 18.9. The molecular weight excluding hydrogens is 491 g/mol. The van der Waals surface area contributed by atoms with Crippen molar-refractivity contribution in [1.82, 2.24) is 9.80 Å². The zero-order valence-electron chi connectivity index (χ0n) is 21.5. The SMILES string of the molecule is CCOc1ccc(N2C(=O)C(CC(=O)Nc3ccc(F)cc3)N(CCCN3CCC(C)CC3)C2=S)cc1. The number of amides is 2. The molecule has 0 aromatic heterocycles. The number of ether oxygens (including phenoxy) is 1. The number of likely N-dealkylation sites (tertiary alicyclic amines) is 1. The van der Waals surface area contributed by atoms with Gasteiger partial charge in [0.05, 0.1) is 18.7 Å². The second kappa shape index (κ2) is 12.5. The maximum Gasteiger partial charge on any atom is 0.256 e. The number of piperidine rings is 1. The molecule has 0 radical (unpaired) electrons. The summed E-state index contributed by atoms with van der Waals surface area (Å²) in [6, 6.07) is 12.1. The maximum absolute atomic E-state index is 13.6. The zero-order valence-corrected chi connectivity index (χ0v) is 22.3. The second-order valence-corrected chi connectivity index (χ2v) is 10.1. The van der Waals surface area contributed by atoms with Crippen molar-refractivity contribution in [2.24, 2.45) is 5.92 Å². The number of nitrogens with one attached hydrogen (secondary N) is 1. The molecule has 0 bridgehead atoms. The predicted octanol–water partition coefficient (Wildman–Crippen LogP) is 4.68. The lowest BCUT2D eigenvalue weighted by molar-refractivity contribution is -0.124. The summed E-state index contributed by atoms with van der Waals surface area (Å²) in [5.74, 6) is 0.555. The summed E-state index contributed by atoms with van der Waals surface area (Å²) in [4.78, 5) is 32.3. The first-order chi connectivity index (χ1) is 17.9. The maximum atomic E-state index is 13.6. The van der Waals surface area contributed by atoms with E-state index in [0.717, 1.165) is 32.0 Å². The molecule has 37 heavy (non-hydrogen) atoms. The molecule has 2 aromatic carbocycles. The number of thiocarbonyl (C=S) groups is 1. The quantitative estimate of drug-likeness (QED) is 0.454. The van der Waals surface area contributed by atoms with Crippen molar-refractivity contribution in [3.05, 3.63) is 54.3 Å². The van der Waals surface area contributed by atoms with Crippen molar-refractivity contribution >= 4 is 40.5 Å². The van der Waals surface area contributed by atoms with Crippen molar-refractivity contribution < 1.29 is 18.7 Å².